The number of piperidine rings is 3. The predicted molar refractivity (Wildman–Crippen MR) is 138 cm³/mol. The van der Waals surface area contributed by atoms with Crippen LogP contribution in [0.4, 0.5) is 31.5 Å². The summed E-state index contributed by atoms with van der Waals surface area (Å²) in [5.74, 6) is 0.104. The van der Waals surface area contributed by atoms with Crippen molar-refractivity contribution in [1.82, 2.24) is 9.88 Å². The molecule has 4 aliphatic rings. The molecule has 2 bridgehead atoms. The van der Waals surface area contributed by atoms with Crippen molar-refractivity contribution in [1.29, 1.82) is 0 Å². The Balaban J connectivity index is 1.44. The van der Waals surface area contributed by atoms with Gasteiger partial charge in [0.25, 0.3) is 0 Å². The van der Waals surface area contributed by atoms with Crippen molar-refractivity contribution in [2.24, 2.45) is 16.1 Å². The number of thiazole rings is 1. The lowest BCUT2D eigenvalue weighted by atomic mass is 9.84. The summed E-state index contributed by atoms with van der Waals surface area (Å²) in [6.07, 6.45) is -6.75. The lowest BCUT2D eigenvalue weighted by Crippen LogP contribution is -2.53. The molecule has 0 spiro atoms. The van der Waals surface area contributed by atoms with Crippen LogP contribution >= 0.6 is 11.3 Å². The molecule has 7 rings (SSSR count). The minimum absolute atomic E-state index is 0.133. The van der Waals surface area contributed by atoms with Crippen LogP contribution in [0.1, 0.15) is 40.0 Å². The highest BCUT2D eigenvalue weighted by Gasteiger charge is 2.39. The van der Waals surface area contributed by atoms with Crippen LogP contribution in [-0.4, -0.2) is 46.9 Å². The number of aromatic nitrogens is 1. The topological polar surface area (TPSA) is 73.1 Å². The molecule has 0 radical (unpaired) electrons. The van der Waals surface area contributed by atoms with E-state index in [0.717, 1.165) is 49.9 Å². The molecule has 0 unspecified atom stereocenters. The van der Waals surface area contributed by atoms with Crippen LogP contribution in [0, 0.1) is 5.92 Å². The van der Waals surface area contributed by atoms with Gasteiger partial charge in [0.1, 0.15) is 0 Å². The number of alkyl halides is 6. The summed E-state index contributed by atoms with van der Waals surface area (Å²) >= 11 is 1.11. The van der Waals surface area contributed by atoms with E-state index >= 15 is 0 Å². The molecule has 0 saturated carbocycles. The lowest BCUT2D eigenvalue weighted by Gasteiger charge is -2.44. The molecule has 0 amide bonds. The molecular weight excluding hydrogens is 556 g/mol. The second-order valence-electron chi connectivity index (χ2n) is 10.2. The number of fused-ring (bicyclic) bond motifs is 4. The minimum Gasteiger partial charge on any atom is -0.492 e. The third kappa shape index (κ3) is 5.19. The molecule has 0 aliphatic carbocycles. The number of hydrogen-bond acceptors (Lipinski definition) is 7. The summed E-state index contributed by atoms with van der Waals surface area (Å²) < 4.78 is 81.8. The summed E-state index contributed by atoms with van der Waals surface area (Å²) in [6.45, 7) is 2.92. The molecule has 2 N–H and O–H groups in total. The van der Waals surface area contributed by atoms with E-state index in [4.69, 9.17) is 0 Å². The van der Waals surface area contributed by atoms with E-state index in [1.54, 1.807) is 18.2 Å². The number of hydrogen-bond donors (Lipinski definition) is 2. The standard InChI is InChI=1S/C27H23F6N5OS/c28-26(29,30)18-3-1-16(20(11-18)27(31,32)33)10-19(15-2-4-21-17(9-15)12-34-37-21)23-24(39)36-25(40-23)35-22-13-38-7-5-14(22)6-8-38/h1-4,9,11-12,14,22,39H,5-8,10,13H2,(H,35,36)/t22-/m0/s1. The van der Waals surface area contributed by atoms with Gasteiger partial charge in [-0.2, -0.15) is 41.5 Å². The third-order valence-electron chi connectivity index (χ3n) is 7.70. The zero-order valence-electron chi connectivity index (χ0n) is 20.9. The summed E-state index contributed by atoms with van der Waals surface area (Å²) in [5.41, 5.74) is -2.19. The van der Waals surface area contributed by atoms with E-state index in [1.165, 1.54) is 6.21 Å². The van der Waals surface area contributed by atoms with Gasteiger partial charge in [-0.15, -0.1) is 0 Å². The number of benzene rings is 2. The molecule has 4 aliphatic heterocycles. The minimum atomic E-state index is -5.02. The van der Waals surface area contributed by atoms with Crippen LogP contribution in [0.15, 0.2) is 46.6 Å². The lowest BCUT2D eigenvalue weighted by molar-refractivity contribution is -0.143. The summed E-state index contributed by atoms with van der Waals surface area (Å²) in [5, 5.41) is 23.6. The summed E-state index contributed by atoms with van der Waals surface area (Å²) in [4.78, 5) is 6.86. The highest BCUT2D eigenvalue weighted by Crippen LogP contribution is 2.41. The van der Waals surface area contributed by atoms with Crippen LogP contribution in [0.3, 0.4) is 0 Å². The van der Waals surface area contributed by atoms with Crippen LogP contribution in [-0.2, 0) is 18.8 Å². The fourth-order valence-electron chi connectivity index (χ4n) is 5.62. The number of anilines is 1. The fourth-order valence-corrected chi connectivity index (χ4v) is 6.61. The molecule has 6 nitrogen and oxygen atoms in total. The molecule has 40 heavy (non-hydrogen) atoms. The first kappa shape index (κ1) is 26.8. The SMILES string of the molecule is Oc1nc(N[C@H]2CN3CCC2CC3)sc1C(Cc1ccc(C(F)(F)F)cc1C(F)(F)F)=c1ccc2c(c1)C=NN=2. The van der Waals surface area contributed by atoms with Gasteiger partial charge in [0, 0.05) is 24.6 Å². The molecule has 5 heterocycles. The largest absolute Gasteiger partial charge is 0.492 e. The van der Waals surface area contributed by atoms with Gasteiger partial charge in [-0.3, -0.25) is 0 Å². The molecule has 3 saturated heterocycles. The Morgan fingerprint density at radius 2 is 1.80 bits per heavy atom. The van der Waals surface area contributed by atoms with E-state index in [-0.39, 0.29) is 28.4 Å². The first-order valence-corrected chi connectivity index (χ1v) is 13.5. The molecule has 210 valence electrons. The van der Waals surface area contributed by atoms with Crippen molar-refractivity contribution in [2.75, 3.05) is 25.0 Å². The maximum atomic E-state index is 14.0. The van der Waals surface area contributed by atoms with Gasteiger partial charge >= 0.3 is 12.4 Å². The monoisotopic (exact) mass is 579 g/mol. The van der Waals surface area contributed by atoms with Gasteiger partial charge in [0.05, 0.1) is 27.6 Å². The van der Waals surface area contributed by atoms with E-state index in [0.29, 0.717) is 38.8 Å². The van der Waals surface area contributed by atoms with Gasteiger partial charge in [-0.05, 0) is 72.5 Å². The highest BCUT2D eigenvalue weighted by molar-refractivity contribution is 7.17. The molecular formula is C27H23F6N5OS. The Kier molecular flexibility index (Phi) is 6.61. The average Bonchev–Trinajstić information content (AvgIpc) is 3.52. The van der Waals surface area contributed by atoms with Gasteiger partial charge in [0.2, 0.25) is 5.88 Å². The van der Waals surface area contributed by atoms with E-state index in [2.05, 4.69) is 25.4 Å². The van der Waals surface area contributed by atoms with Crippen molar-refractivity contribution < 1.29 is 31.4 Å². The fraction of sp³-hybridized carbons (Fsp3) is 0.370. The van der Waals surface area contributed by atoms with Crippen LogP contribution < -0.4 is 15.9 Å². The Morgan fingerprint density at radius 1 is 1.02 bits per heavy atom. The van der Waals surface area contributed by atoms with E-state index in [9.17, 15) is 31.4 Å². The maximum Gasteiger partial charge on any atom is 0.416 e. The maximum absolute atomic E-state index is 14.0. The second-order valence-corrected chi connectivity index (χ2v) is 11.2. The summed E-state index contributed by atoms with van der Waals surface area (Å²) in [7, 11) is 0. The smallest absolute Gasteiger partial charge is 0.416 e. The first-order valence-electron chi connectivity index (χ1n) is 12.7. The molecule has 13 heteroatoms. The first-order chi connectivity index (χ1) is 19.0. The van der Waals surface area contributed by atoms with E-state index < -0.39 is 29.9 Å². The van der Waals surface area contributed by atoms with Crippen LogP contribution in [0.25, 0.3) is 5.57 Å². The zero-order valence-corrected chi connectivity index (χ0v) is 21.7. The Hall–Kier alpha value is -3.45. The highest BCUT2D eigenvalue weighted by atomic mass is 32.1. The van der Waals surface area contributed by atoms with Crippen molar-refractivity contribution in [3.05, 3.63) is 74.1 Å². The van der Waals surface area contributed by atoms with Crippen molar-refractivity contribution in [3.63, 3.8) is 0 Å². The average molecular weight is 580 g/mol. The Labute approximate surface area is 228 Å². The van der Waals surface area contributed by atoms with Crippen molar-refractivity contribution >= 4 is 28.3 Å². The number of rotatable bonds is 5. The Morgan fingerprint density at radius 3 is 2.48 bits per heavy atom. The van der Waals surface area contributed by atoms with E-state index in [1.807, 2.05) is 0 Å². The second kappa shape index (κ2) is 9.88. The van der Waals surface area contributed by atoms with Crippen molar-refractivity contribution in [2.45, 2.75) is 37.7 Å². The molecule has 3 fully saturated rings. The molecule has 2 aromatic carbocycles. The molecule has 1 aromatic heterocycles. The third-order valence-corrected chi connectivity index (χ3v) is 8.73. The normalized spacial score (nSPS) is 22.7. The van der Waals surface area contributed by atoms with Crippen LogP contribution in [0.5, 0.6) is 5.88 Å². The van der Waals surface area contributed by atoms with Gasteiger partial charge in [0.15, 0.2) is 5.13 Å². The van der Waals surface area contributed by atoms with Crippen LogP contribution in [0.2, 0.25) is 0 Å². The van der Waals surface area contributed by atoms with Gasteiger partial charge < -0.3 is 15.3 Å². The van der Waals surface area contributed by atoms with Crippen molar-refractivity contribution in [3.8, 4) is 5.88 Å². The zero-order chi connectivity index (χ0) is 28.2. The number of aromatic hydroxyl groups is 1. The molecule has 1 atom stereocenters. The number of nitrogens with one attached hydrogen (secondary N) is 1. The number of halogens is 6. The summed E-state index contributed by atoms with van der Waals surface area (Å²) in [6, 6.07) is 6.73. The number of nitrogens with zero attached hydrogens (tertiary/aromatic N) is 4. The van der Waals surface area contributed by atoms with Gasteiger partial charge in [-0.1, -0.05) is 23.5 Å². The molecule has 3 aromatic rings. The van der Waals surface area contributed by atoms with Gasteiger partial charge in [-0.25, -0.2) is 0 Å². The Bertz CT molecular complexity index is 1600. The predicted octanol–water partition coefficient (Wildman–Crippen LogP) is 4.80. The quantitative estimate of drug-likeness (QED) is 0.426.